The number of aliphatic carboxylic acids is 1. The molecule has 30 heavy (non-hydrogen) atoms. The van der Waals surface area contributed by atoms with E-state index in [1.807, 2.05) is 0 Å². The van der Waals surface area contributed by atoms with E-state index in [-0.39, 0.29) is 35.2 Å². The molecule has 4 aliphatic carbocycles. The van der Waals surface area contributed by atoms with Crippen LogP contribution in [0, 0.1) is 52.3 Å². The molecule has 4 aliphatic rings. The second-order valence-electron chi connectivity index (χ2n) is 11.8. The predicted molar refractivity (Wildman–Crippen MR) is 118 cm³/mol. The van der Waals surface area contributed by atoms with Crippen molar-refractivity contribution in [2.45, 2.75) is 104 Å². The van der Waals surface area contributed by atoms with E-state index in [1.54, 1.807) is 6.92 Å². The summed E-state index contributed by atoms with van der Waals surface area (Å²) in [7, 11) is 0. The number of fused-ring (bicyclic) bond motifs is 5. The normalized spacial score (nSPS) is 53.0. The van der Waals surface area contributed by atoms with Gasteiger partial charge in [0.1, 0.15) is 0 Å². The molecule has 0 aromatic rings. The third kappa shape index (κ3) is 3.36. The molecule has 172 valence electrons. The molecule has 0 aliphatic heterocycles. The molecule has 0 radical (unpaired) electrons. The molecule has 3 unspecified atom stereocenters. The highest BCUT2D eigenvalue weighted by atomic mass is 16.4. The Bertz CT molecular complexity index is 723. The van der Waals surface area contributed by atoms with Gasteiger partial charge in [-0.2, -0.15) is 0 Å². The largest absolute Gasteiger partial charge is 0.481 e. The van der Waals surface area contributed by atoms with Crippen molar-refractivity contribution in [3.8, 4) is 0 Å². The fourth-order valence-corrected chi connectivity index (χ4v) is 9.18. The topological polar surface area (TPSA) is 77.8 Å². The van der Waals surface area contributed by atoms with Gasteiger partial charge in [-0.05, 0) is 104 Å². The summed E-state index contributed by atoms with van der Waals surface area (Å²) in [6.45, 7) is 8.54. The summed E-state index contributed by atoms with van der Waals surface area (Å²) in [5.41, 5.74) is 0.0495. The Morgan fingerprint density at radius 1 is 1.07 bits per heavy atom. The first-order valence-electron chi connectivity index (χ1n) is 13.4. The second kappa shape index (κ2) is 8.06. The van der Waals surface area contributed by atoms with Gasteiger partial charge in [-0.3, -0.25) is 4.79 Å². The van der Waals surface area contributed by atoms with Crippen molar-refractivity contribution >= 4 is 5.97 Å². The quantitative estimate of drug-likeness (QED) is 0.575. The van der Waals surface area contributed by atoms with Crippen molar-refractivity contribution in [1.29, 1.82) is 0 Å². The molecular weight excluding hydrogens is 376 g/mol. The lowest BCUT2D eigenvalue weighted by atomic mass is 9.41. The van der Waals surface area contributed by atoms with Crippen LogP contribution < -0.4 is 0 Å². The molecule has 0 amide bonds. The number of carboxylic acids is 1. The summed E-state index contributed by atoms with van der Waals surface area (Å²) < 4.78 is 17.3. The predicted octanol–water partition coefficient (Wildman–Crippen LogP) is 5.11. The highest BCUT2D eigenvalue weighted by Crippen LogP contribution is 2.69. The summed E-state index contributed by atoms with van der Waals surface area (Å²) in [6.07, 6.45) is 4.97. The van der Waals surface area contributed by atoms with Gasteiger partial charge in [-0.1, -0.05) is 34.1 Å². The Morgan fingerprint density at radius 3 is 2.40 bits per heavy atom. The van der Waals surface area contributed by atoms with Crippen LogP contribution in [0.15, 0.2) is 0 Å². The fourth-order valence-electron chi connectivity index (χ4n) is 9.18. The van der Waals surface area contributed by atoms with Gasteiger partial charge in [-0.25, -0.2) is 0 Å². The van der Waals surface area contributed by atoms with Crippen LogP contribution in [-0.4, -0.2) is 33.5 Å². The second-order valence-corrected chi connectivity index (χ2v) is 11.8. The highest BCUT2D eigenvalue weighted by molar-refractivity contribution is 5.66. The van der Waals surface area contributed by atoms with Crippen LogP contribution in [0.4, 0.5) is 0 Å². The number of aliphatic hydroxyl groups excluding tert-OH is 2. The zero-order chi connectivity index (χ0) is 23.6. The van der Waals surface area contributed by atoms with Crippen LogP contribution in [0.3, 0.4) is 0 Å². The third-order valence-corrected chi connectivity index (χ3v) is 10.7. The van der Waals surface area contributed by atoms with Gasteiger partial charge < -0.3 is 15.3 Å². The smallest absolute Gasteiger partial charge is 0.303 e. The Balaban J connectivity index is 1.67. The van der Waals surface area contributed by atoms with Crippen molar-refractivity contribution in [2.75, 3.05) is 0 Å². The molecule has 4 rings (SSSR count). The van der Waals surface area contributed by atoms with Gasteiger partial charge in [0, 0.05) is 9.16 Å². The summed E-state index contributed by atoms with van der Waals surface area (Å²) in [4.78, 5) is 11.1. The van der Waals surface area contributed by atoms with Crippen molar-refractivity contribution in [3.05, 3.63) is 0 Å². The highest BCUT2D eigenvalue weighted by Gasteiger charge is 2.64. The van der Waals surface area contributed by atoms with Crippen LogP contribution in [0.1, 0.15) is 94.6 Å². The number of carboxylic acid groups (broad SMARTS) is 1. The van der Waals surface area contributed by atoms with Crippen molar-refractivity contribution in [2.24, 2.45) is 52.3 Å². The monoisotopic (exact) mass is 422 g/mol. The molecular formula is C26H44O4. The standard InChI is InChI=1S/C26H44O4/c1-5-17-21-14-16(27)10-12-26(21,4)20-11-13-25(3)18(15(2)6-9-22(28)29)7-8-19(25)23(20)24(17)30/h15-21,23-24,27,30H,5-14H2,1-4H3,(H,28,29)/t15-,16-,17-,18-,19?,20?,21+,23?,24-,25-,26-/m1/s1/i5D2. The minimum Gasteiger partial charge on any atom is -0.481 e. The zero-order valence-corrected chi connectivity index (χ0v) is 19.3. The minimum absolute atomic E-state index is 0.0125. The SMILES string of the molecule is [2H]C([2H])(C)[C@H]1[C@@H](O)C2C3CC[C@H]([C@H](C)CCC(=O)O)[C@@]3(C)CCC2[C@@]2(C)CC[C@@H](O)C[C@@H]12. The van der Waals surface area contributed by atoms with E-state index in [2.05, 4.69) is 20.8 Å². The summed E-state index contributed by atoms with van der Waals surface area (Å²) in [5.74, 6) is 0.489. The maximum Gasteiger partial charge on any atom is 0.303 e. The molecule has 0 saturated heterocycles. The minimum atomic E-state index is -1.49. The maximum absolute atomic E-state index is 11.8. The van der Waals surface area contributed by atoms with Crippen LogP contribution >= 0.6 is 0 Å². The summed E-state index contributed by atoms with van der Waals surface area (Å²) in [5, 5.41) is 31.4. The van der Waals surface area contributed by atoms with E-state index < -0.39 is 24.4 Å². The molecule has 4 fully saturated rings. The number of carbonyl (C=O) groups is 1. The zero-order valence-electron chi connectivity index (χ0n) is 21.3. The molecule has 3 N–H and O–H groups in total. The lowest BCUT2D eigenvalue weighted by Crippen LogP contribution is -2.62. The first-order valence-corrected chi connectivity index (χ1v) is 12.4. The van der Waals surface area contributed by atoms with Gasteiger partial charge in [0.05, 0.1) is 12.2 Å². The molecule has 4 nitrogen and oxygen atoms in total. The van der Waals surface area contributed by atoms with E-state index >= 15 is 0 Å². The Kier molecular flexibility index (Phi) is 5.38. The van der Waals surface area contributed by atoms with Crippen LogP contribution in [-0.2, 0) is 4.79 Å². The van der Waals surface area contributed by atoms with E-state index in [1.165, 1.54) is 0 Å². The maximum atomic E-state index is 11.8. The number of aliphatic hydroxyl groups is 2. The lowest BCUT2D eigenvalue weighted by molar-refractivity contribution is -0.203. The molecule has 0 heterocycles. The fraction of sp³-hybridized carbons (Fsp3) is 0.962. The van der Waals surface area contributed by atoms with Gasteiger partial charge in [-0.15, -0.1) is 0 Å². The Hall–Kier alpha value is -0.610. The van der Waals surface area contributed by atoms with Crippen LogP contribution in [0.2, 0.25) is 0 Å². The third-order valence-electron chi connectivity index (χ3n) is 10.7. The van der Waals surface area contributed by atoms with Crippen molar-refractivity contribution in [1.82, 2.24) is 0 Å². The van der Waals surface area contributed by atoms with E-state index in [0.717, 1.165) is 38.5 Å². The van der Waals surface area contributed by atoms with E-state index in [9.17, 15) is 15.0 Å². The first-order chi connectivity index (χ1) is 14.8. The van der Waals surface area contributed by atoms with Crippen molar-refractivity contribution < 1.29 is 22.9 Å². The number of rotatable bonds is 5. The molecule has 4 heteroatoms. The lowest BCUT2D eigenvalue weighted by Gasteiger charge is -2.64. The molecule has 11 atom stereocenters. The molecule has 4 saturated carbocycles. The van der Waals surface area contributed by atoms with E-state index in [0.29, 0.717) is 36.5 Å². The number of hydrogen-bond acceptors (Lipinski definition) is 3. The number of hydrogen-bond donors (Lipinski definition) is 3. The molecule has 0 aromatic heterocycles. The first kappa shape index (κ1) is 20.0. The van der Waals surface area contributed by atoms with Gasteiger partial charge in [0.2, 0.25) is 0 Å². The average molecular weight is 423 g/mol. The summed E-state index contributed by atoms with van der Waals surface area (Å²) >= 11 is 0. The average Bonchev–Trinajstić information content (AvgIpc) is 3.03. The van der Waals surface area contributed by atoms with E-state index in [4.69, 9.17) is 7.85 Å². The van der Waals surface area contributed by atoms with Crippen molar-refractivity contribution in [3.63, 3.8) is 0 Å². The van der Waals surface area contributed by atoms with Gasteiger partial charge >= 0.3 is 5.97 Å². The molecule has 0 spiro atoms. The Morgan fingerprint density at radius 2 is 1.73 bits per heavy atom. The van der Waals surface area contributed by atoms with Gasteiger partial charge in [0.15, 0.2) is 0 Å². The Labute approximate surface area is 185 Å². The van der Waals surface area contributed by atoms with Crippen LogP contribution in [0.5, 0.6) is 0 Å². The molecule has 0 aromatic carbocycles. The summed E-state index contributed by atoms with van der Waals surface area (Å²) in [6, 6.07) is 0. The molecule has 0 bridgehead atoms. The van der Waals surface area contributed by atoms with Crippen LogP contribution in [0.25, 0.3) is 0 Å². The van der Waals surface area contributed by atoms with Gasteiger partial charge in [0.25, 0.3) is 0 Å².